The van der Waals surface area contributed by atoms with Gasteiger partial charge in [-0.05, 0) is 28.7 Å². The molecule has 108 valence electrons. The van der Waals surface area contributed by atoms with Crippen molar-refractivity contribution in [1.82, 2.24) is 4.89 Å². The van der Waals surface area contributed by atoms with E-state index in [1.165, 1.54) is 18.2 Å². The molecule has 0 saturated carbocycles. The van der Waals surface area contributed by atoms with Gasteiger partial charge in [0, 0.05) is 6.08 Å². The molecule has 0 unspecified atom stereocenters. The van der Waals surface area contributed by atoms with Crippen LogP contribution in [0.1, 0.15) is 5.56 Å². The van der Waals surface area contributed by atoms with Crippen LogP contribution in [0.25, 0.3) is 6.08 Å². The summed E-state index contributed by atoms with van der Waals surface area (Å²) < 4.78 is 23.6. The average Bonchev–Trinajstić information content (AvgIpc) is 2.53. The first kappa shape index (κ1) is 15.0. The van der Waals surface area contributed by atoms with Gasteiger partial charge in [0.25, 0.3) is 10.0 Å². The Kier molecular flexibility index (Phi) is 4.86. The van der Waals surface area contributed by atoms with Crippen LogP contribution in [0.4, 0.5) is 0 Å². The summed E-state index contributed by atoms with van der Waals surface area (Å²) in [6, 6.07) is 16.7. The molecule has 2 rings (SSSR count). The first-order valence-corrected chi connectivity index (χ1v) is 7.57. The topological polar surface area (TPSA) is 72.5 Å². The Balaban J connectivity index is 1.94. The molecule has 0 bridgehead atoms. The molecular formula is C15H13NO4S. The second-order valence-corrected chi connectivity index (χ2v) is 5.71. The van der Waals surface area contributed by atoms with Crippen LogP contribution >= 0.6 is 0 Å². The van der Waals surface area contributed by atoms with Gasteiger partial charge in [-0.25, -0.2) is 13.2 Å². The van der Waals surface area contributed by atoms with Crippen molar-refractivity contribution in [3.63, 3.8) is 0 Å². The summed E-state index contributed by atoms with van der Waals surface area (Å²) in [7, 11) is -3.87. The highest BCUT2D eigenvalue weighted by Crippen LogP contribution is 2.07. The van der Waals surface area contributed by atoms with E-state index < -0.39 is 16.0 Å². The average molecular weight is 303 g/mol. The van der Waals surface area contributed by atoms with Gasteiger partial charge in [-0.2, -0.15) is 0 Å². The zero-order chi connectivity index (χ0) is 15.1. The molecule has 0 aliphatic rings. The van der Waals surface area contributed by atoms with Crippen LogP contribution < -0.4 is 4.89 Å². The second kappa shape index (κ2) is 6.83. The molecule has 2 aromatic rings. The third kappa shape index (κ3) is 4.55. The van der Waals surface area contributed by atoms with Crippen molar-refractivity contribution in [2.75, 3.05) is 0 Å². The predicted molar refractivity (Wildman–Crippen MR) is 78.3 cm³/mol. The molecule has 0 aromatic heterocycles. The van der Waals surface area contributed by atoms with Gasteiger partial charge in [0.1, 0.15) is 0 Å². The number of hydrogen-bond acceptors (Lipinski definition) is 4. The van der Waals surface area contributed by atoms with Crippen LogP contribution in [-0.2, 0) is 19.7 Å². The molecule has 21 heavy (non-hydrogen) atoms. The van der Waals surface area contributed by atoms with Crippen LogP contribution in [0.5, 0.6) is 0 Å². The molecular weight excluding hydrogens is 290 g/mol. The Hall–Kier alpha value is -2.44. The van der Waals surface area contributed by atoms with Crippen molar-refractivity contribution in [3.8, 4) is 0 Å². The van der Waals surface area contributed by atoms with Crippen molar-refractivity contribution in [1.29, 1.82) is 0 Å². The van der Waals surface area contributed by atoms with Crippen LogP contribution in [0.15, 0.2) is 71.6 Å². The Morgan fingerprint density at radius 1 is 0.952 bits per heavy atom. The van der Waals surface area contributed by atoms with Crippen molar-refractivity contribution in [2.24, 2.45) is 0 Å². The summed E-state index contributed by atoms with van der Waals surface area (Å²) in [6.07, 6.45) is 2.67. The minimum atomic E-state index is -3.87. The standard InChI is InChI=1S/C15H13NO4S/c17-15(12-11-13-7-3-1-4-8-13)20-16-21(18,19)14-9-5-2-6-10-14/h1-12,16H. The quantitative estimate of drug-likeness (QED) is 0.678. The first-order chi connectivity index (χ1) is 10.1. The number of benzene rings is 2. The van der Waals surface area contributed by atoms with Gasteiger partial charge < -0.3 is 4.84 Å². The van der Waals surface area contributed by atoms with Gasteiger partial charge >= 0.3 is 5.97 Å². The van der Waals surface area contributed by atoms with E-state index in [9.17, 15) is 13.2 Å². The van der Waals surface area contributed by atoms with Gasteiger partial charge in [0.2, 0.25) is 0 Å². The monoisotopic (exact) mass is 303 g/mol. The molecule has 0 radical (unpaired) electrons. The predicted octanol–water partition coefficient (Wildman–Crippen LogP) is 2.14. The van der Waals surface area contributed by atoms with E-state index in [-0.39, 0.29) is 4.90 Å². The van der Waals surface area contributed by atoms with Crippen molar-refractivity contribution < 1.29 is 18.0 Å². The van der Waals surface area contributed by atoms with Crippen molar-refractivity contribution >= 4 is 22.1 Å². The summed E-state index contributed by atoms with van der Waals surface area (Å²) in [6.45, 7) is 0. The maximum Gasteiger partial charge on any atom is 0.350 e. The van der Waals surface area contributed by atoms with Gasteiger partial charge in [-0.1, -0.05) is 48.5 Å². The Labute approximate surface area is 122 Å². The van der Waals surface area contributed by atoms with Gasteiger partial charge in [0.05, 0.1) is 4.90 Å². The highest BCUT2D eigenvalue weighted by atomic mass is 32.2. The number of nitrogens with one attached hydrogen (secondary N) is 1. The summed E-state index contributed by atoms with van der Waals surface area (Å²) in [5.74, 6) is -0.807. The molecule has 0 amide bonds. The Morgan fingerprint density at radius 2 is 1.52 bits per heavy atom. The number of hydrogen-bond donors (Lipinski definition) is 1. The molecule has 0 aliphatic carbocycles. The maximum absolute atomic E-state index is 11.8. The SMILES string of the molecule is O=C(C=Cc1ccccc1)ONS(=O)(=O)c1ccccc1. The maximum atomic E-state index is 11.8. The lowest BCUT2D eigenvalue weighted by Crippen LogP contribution is -2.26. The fourth-order valence-corrected chi connectivity index (χ4v) is 2.31. The van der Waals surface area contributed by atoms with Crippen LogP contribution in [0, 0.1) is 0 Å². The lowest BCUT2D eigenvalue weighted by atomic mass is 10.2. The second-order valence-electron chi connectivity index (χ2n) is 4.06. The third-order valence-corrected chi connectivity index (χ3v) is 3.71. The number of carbonyl (C=O) groups is 1. The van der Waals surface area contributed by atoms with Crippen LogP contribution in [0.3, 0.4) is 0 Å². The van der Waals surface area contributed by atoms with E-state index >= 15 is 0 Å². The largest absolute Gasteiger partial charge is 0.352 e. The summed E-state index contributed by atoms with van der Waals surface area (Å²) in [5.41, 5.74) is 0.806. The molecule has 2 aromatic carbocycles. The minimum Gasteiger partial charge on any atom is -0.352 e. The number of rotatable bonds is 5. The molecule has 1 N–H and O–H groups in total. The minimum absolute atomic E-state index is 0.0184. The zero-order valence-corrected chi connectivity index (χ0v) is 11.8. The summed E-state index contributed by atoms with van der Waals surface area (Å²) in [5, 5.41) is 0. The zero-order valence-electron chi connectivity index (χ0n) is 11.0. The van der Waals surface area contributed by atoms with Gasteiger partial charge in [-0.15, -0.1) is 0 Å². The molecule has 0 heterocycles. The van der Waals surface area contributed by atoms with E-state index in [0.717, 1.165) is 11.6 Å². The lowest BCUT2D eigenvalue weighted by Gasteiger charge is -2.04. The Bertz CT molecular complexity index is 725. The van der Waals surface area contributed by atoms with E-state index in [2.05, 4.69) is 4.84 Å². The van der Waals surface area contributed by atoms with E-state index in [4.69, 9.17) is 0 Å². The first-order valence-electron chi connectivity index (χ1n) is 6.09. The number of carbonyl (C=O) groups excluding carboxylic acids is 1. The molecule has 6 heteroatoms. The lowest BCUT2D eigenvalue weighted by molar-refractivity contribution is -0.141. The molecule has 0 spiro atoms. The van der Waals surface area contributed by atoms with Crippen LogP contribution in [0.2, 0.25) is 0 Å². The highest BCUT2D eigenvalue weighted by molar-refractivity contribution is 7.89. The number of sulfonamides is 1. The smallest absolute Gasteiger partial charge is 0.350 e. The third-order valence-electron chi connectivity index (χ3n) is 2.52. The van der Waals surface area contributed by atoms with Crippen molar-refractivity contribution in [3.05, 3.63) is 72.3 Å². The molecule has 5 nitrogen and oxygen atoms in total. The normalized spacial score (nSPS) is 11.4. The van der Waals surface area contributed by atoms with E-state index in [0.29, 0.717) is 0 Å². The van der Waals surface area contributed by atoms with Gasteiger partial charge in [0.15, 0.2) is 0 Å². The van der Waals surface area contributed by atoms with E-state index in [1.807, 2.05) is 18.2 Å². The molecule has 0 saturated heterocycles. The molecule has 0 fully saturated rings. The summed E-state index contributed by atoms with van der Waals surface area (Å²) in [4.78, 5) is 17.8. The fourth-order valence-electron chi connectivity index (χ4n) is 1.51. The van der Waals surface area contributed by atoms with Gasteiger partial charge in [-0.3, -0.25) is 0 Å². The van der Waals surface area contributed by atoms with Crippen LogP contribution in [-0.4, -0.2) is 14.4 Å². The highest BCUT2D eigenvalue weighted by Gasteiger charge is 2.14. The van der Waals surface area contributed by atoms with Crippen molar-refractivity contribution in [2.45, 2.75) is 4.90 Å². The molecule has 0 atom stereocenters. The fraction of sp³-hybridized carbons (Fsp3) is 0. The Morgan fingerprint density at radius 3 is 2.14 bits per heavy atom. The molecule has 0 aliphatic heterocycles. The van der Waals surface area contributed by atoms with E-state index in [1.54, 1.807) is 35.2 Å². The summed E-state index contributed by atoms with van der Waals surface area (Å²) >= 11 is 0.